The van der Waals surface area contributed by atoms with E-state index in [0.717, 1.165) is 38.9 Å². The molecule has 0 amide bonds. The Balaban J connectivity index is 2.42. The largest absolute Gasteiger partial charge is 0.505 e. The lowest BCUT2D eigenvalue weighted by atomic mass is 9.97. The molecule has 0 unspecified atom stereocenters. The Morgan fingerprint density at radius 1 is 0.542 bits per heavy atom. The first-order valence-electron chi connectivity index (χ1n) is 8.29. The van der Waals surface area contributed by atoms with Crippen LogP contribution in [0, 0.1) is 55.4 Å². The van der Waals surface area contributed by atoms with Gasteiger partial charge in [0.2, 0.25) is 0 Å². The molecular formula is C20H25N3O. The highest BCUT2D eigenvalue weighted by Gasteiger charge is 2.20. The minimum absolute atomic E-state index is 0.264. The van der Waals surface area contributed by atoms with Crippen molar-refractivity contribution in [3.05, 3.63) is 44.5 Å². The van der Waals surface area contributed by atoms with Gasteiger partial charge in [0.15, 0.2) is 0 Å². The molecule has 0 aliphatic carbocycles. The molecule has 0 saturated heterocycles. The smallest absolute Gasteiger partial charge is 0.146 e. The van der Waals surface area contributed by atoms with Crippen LogP contribution in [0.1, 0.15) is 44.5 Å². The van der Waals surface area contributed by atoms with Crippen LogP contribution in [0.4, 0.5) is 0 Å². The van der Waals surface area contributed by atoms with E-state index in [1.807, 2.05) is 20.8 Å². The van der Waals surface area contributed by atoms with E-state index in [4.69, 9.17) is 10.2 Å². The molecule has 0 atom stereocenters. The average molecular weight is 323 g/mol. The van der Waals surface area contributed by atoms with Gasteiger partial charge in [0.25, 0.3) is 0 Å². The third-order valence-corrected chi connectivity index (χ3v) is 5.83. The lowest BCUT2D eigenvalue weighted by molar-refractivity contribution is 0.462. The molecule has 126 valence electrons. The second-order valence-electron chi connectivity index (χ2n) is 6.88. The SMILES string of the molecule is Cc1c(C)c(C)c(-n2nc3c(C)c(C)c(C)c(C)c3n2)c(O)c1C. The summed E-state index contributed by atoms with van der Waals surface area (Å²) in [7, 11) is 0. The van der Waals surface area contributed by atoms with E-state index >= 15 is 0 Å². The Bertz CT molecular complexity index is 923. The van der Waals surface area contributed by atoms with Gasteiger partial charge in [-0.15, -0.1) is 15.0 Å². The number of aromatic hydroxyl groups is 1. The Labute approximate surface area is 143 Å². The van der Waals surface area contributed by atoms with Crippen LogP contribution < -0.4 is 0 Å². The lowest BCUT2D eigenvalue weighted by Gasteiger charge is -2.15. The first-order valence-corrected chi connectivity index (χ1v) is 8.29. The van der Waals surface area contributed by atoms with Crippen molar-refractivity contribution < 1.29 is 5.11 Å². The molecule has 0 fully saturated rings. The topological polar surface area (TPSA) is 50.9 Å². The predicted octanol–water partition coefficient (Wildman–Crippen LogP) is 4.59. The van der Waals surface area contributed by atoms with Crippen molar-refractivity contribution in [1.82, 2.24) is 15.0 Å². The number of nitrogens with zero attached hydrogens (tertiary/aromatic N) is 3. The van der Waals surface area contributed by atoms with E-state index in [2.05, 4.69) is 34.6 Å². The van der Waals surface area contributed by atoms with Gasteiger partial charge in [0.05, 0.1) is 0 Å². The maximum Gasteiger partial charge on any atom is 0.146 e. The highest BCUT2D eigenvalue weighted by atomic mass is 16.3. The molecule has 1 heterocycles. The summed E-state index contributed by atoms with van der Waals surface area (Å²) in [4.78, 5) is 1.60. The van der Waals surface area contributed by atoms with Crippen molar-refractivity contribution in [1.29, 1.82) is 0 Å². The summed E-state index contributed by atoms with van der Waals surface area (Å²) in [5.74, 6) is 0.264. The van der Waals surface area contributed by atoms with Crippen LogP contribution >= 0.6 is 0 Å². The highest BCUT2D eigenvalue weighted by Crippen LogP contribution is 2.35. The van der Waals surface area contributed by atoms with Gasteiger partial charge in [-0.05, 0) is 99.9 Å². The fourth-order valence-electron chi connectivity index (χ4n) is 3.35. The molecule has 1 N–H and O–H groups in total. The summed E-state index contributed by atoms with van der Waals surface area (Å²) in [6.45, 7) is 16.5. The Morgan fingerprint density at radius 3 is 1.38 bits per heavy atom. The third kappa shape index (κ3) is 2.05. The van der Waals surface area contributed by atoms with Gasteiger partial charge >= 0.3 is 0 Å². The second-order valence-corrected chi connectivity index (χ2v) is 6.88. The highest BCUT2D eigenvalue weighted by molar-refractivity contribution is 5.84. The minimum atomic E-state index is 0.264. The van der Waals surface area contributed by atoms with Gasteiger partial charge in [-0.3, -0.25) is 0 Å². The van der Waals surface area contributed by atoms with E-state index in [0.29, 0.717) is 5.69 Å². The number of benzene rings is 2. The molecule has 4 heteroatoms. The Hall–Kier alpha value is -2.36. The van der Waals surface area contributed by atoms with Crippen molar-refractivity contribution in [3.63, 3.8) is 0 Å². The van der Waals surface area contributed by atoms with Crippen molar-refractivity contribution in [2.24, 2.45) is 0 Å². The van der Waals surface area contributed by atoms with Gasteiger partial charge in [0, 0.05) is 0 Å². The molecule has 4 nitrogen and oxygen atoms in total. The molecule has 24 heavy (non-hydrogen) atoms. The number of phenolic OH excluding ortho intramolecular Hbond substituents is 1. The molecule has 0 aliphatic heterocycles. The quantitative estimate of drug-likeness (QED) is 0.712. The summed E-state index contributed by atoms with van der Waals surface area (Å²) in [5.41, 5.74) is 11.5. The van der Waals surface area contributed by atoms with Crippen molar-refractivity contribution in [2.75, 3.05) is 0 Å². The average Bonchev–Trinajstić information content (AvgIpc) is 2.99. The Morgan fingerprint density at radius 2 is 0.917 bits per heavy atom. The summed E-state index contributed by atoms with van der Waals surface area (Å²) < 4.78 is 0. The van der Waals surface area contributed by atoms with Gasteiger partial charge < -0.3 is 5.11 Å². The molecule has 0 aliphatic rings. The van der Waals surface area contributed by atoms with Crippen molar-refractivity contribution in [3.8, 4) is 11.4 Å². The molecule has 0 radical (unpaired) electrons. The number of aromatic nitrogens is 3. The third-order valence-electron chi connectivity index (χ3n) is 5.83. The number of hydrogen-bond acceptors (Lipinski definition) is 3. The zero-order valence-corrected chi connectivity index (χ0v) is 15.8. The van der Waals surface area contributed by atoms with Gasteiger partial charge in [-0.2, -0.15) is 0 Å². The first-order chi connectivity index (χ1) is 11.2. The molecule has 3 aromatic rings. The van der Waals surface area contributed by atoms with Gasteiger partial charge in [-0.25, -0.2) is 0 Å². The minimum Gasteiger partial charge on any atom is -0.505 e. The predicted molar refractivity (Wildman–Crippen MR) is 98.4 cm³/mol. The normalized spacial score (nSPS) is 11.5. The molecule has 0 bridgehead atoms. The maximum atomic E-state index is 10.7. The zero-order valence-electron chi connectivity index (χ0n) is 15.8. The van der Waals surface area contributed by atoms with Gasteiger partial charge in [0.1, 0.15) is 22.5 Å². The van der Waals surface area contributed by atoms with Crippen LogP contribution in [0.2, 0.25) is 0 Å². The van der Waals surface area contributed by atoms with E-state index in [9.17, 15) is 5.11 Å². The fraction of sp³-hybridized carbons (Fsp3) is 0.400. The molecule has 1 aromatic heterocycles. The second kappa shape index (κ2) is 5.33. The van der Waals surface area contributed by atoms with Crippen LogP contribution in [0.3, 0.4) is 0 Å². The fourth-order valence-corrected chi connectivity index (χ4v) is 3.35. The number of phenols is 1. The lowest BCUT2D eigenvalue weighted by Crippen LogP contribution is -2.06. The number of aryl methyl sites for hydroxylation is 2. The number of rotatable bonds is 1. The van der Waals surface area contributed by atoms with Gasteiger partial charge in [-0.1, -0.05) is 0 Å². The maximum absolute atomic E-state index is 10.7. The van der Waals surface area contributed by atoms with E-state index in [1.54, 1.807) is 4.80 Å². The number of fused-ring (bicyclic) bond motifs is 1. The summed E-state index contributed by atoms with van der Waals surface area (Å²) >= 11 is 0. The molecule has 2 aromatic carbocycles. The molecule has 0 spiro atoms. The van der Waals surface area contributed by atoms with E-state index in [1.165, 1.54) is 16.7 Å². The monoisotopic (exact) mass is 323 g/mol. The van der Waals surface area contributed by atoms with Crippen LogP contribution in [-0.2, 0) is 0 Å². The van der Waals surface area contributed by atoms with Crippen molar-refractivity contribution >= 4 is 11.0 Å². The molecule has 3 rings (SSSR count). The van der Waals surface area contributed by atoms with Crippen LogP contribution in [0.5, 0.6) is 5.75 Å². The van der Waals surface area contributed by atoms with Crippen LogP contribution in [0.15, 0.2) is 0 Å². The van der Waals surface area contributed by atoms with Crippen LogP contribution in [-0.4, -0.2) is 20.1 Å². The standard InChI is InChI=1S/C20H25N3O/c1-9-10(2)14(6)18-17(13(9)5)21-23(22-18)19-15(7)11(3)12(4)16(8)20(19)24/h24H,1-8H3. The summed E-state index contributed by atoms with van der Waals surface area (Å²) in [6.07, 6.45) is 0. The molecular weight excluding hydrogens is 298 g/mol. The van der Waals surface area contributed by atoms with Crippen molar-refractivity contribution in [2.45, 2.75) is 55.4 Å². The first kappa shape index (κ1) is 16.5. The van der Waals surface area contributed by atoms with E-state index < -0.39 is 0 Å². The summed E-state index contributed by atoms with van der Waals surface area (Å²) in [5, 5.41) is 20.2. The number of hydrogen-bond donors (Lipinski definition) is 1. The summed E-state index contributed by atoms with van der Waals surface area (Å²) in [6, 6.07) is 0. The zero-order chi connectivity index (χ0) is 17.9. The molecule has 0 saturated carbocycles. The van der Waals surface area contributed by atoms with Crippen LogP contribution in [0.25, 0.3) is 16.7 Å². The van der Waals surface area contributed by atoms with E-state index in [-0.39, 0.29) is 5.75 Å². The Kier molecular flexibility index (Phi) is 3.67.